The van der Waals surface area contributed by atoms with Crippen molar-refractivity contribution in [3.8, 4) is 0 Å². The maximum atomic E-state index is 12.7. The minimum absolute atomic E-state index is 0.327. The van der Waals surface area contributed by atoms with E-state index in [0.717, 1.165) is 0 Å². The van der Waals surface area contributed by atoms with Gasteiger partial charge in [-0.25, -0.2) is 4.39 Å². The third kappa shape index (κ3) is 1.14. The average molecular weight is 150 g/mol. The Morgan fingerprint density at radius 3 is 2.40 bits per heavy atom. The van der Waals surface area contributed by atoms with Crippen molar-refractivity contribution in [2.24, 2.45) is 0 Å². The number of hydrogen-bond donors (Lipinski definition) is 2. The lowest BCUT2D eigenvalue weighted by atomic mass is 10.1. The van der Waals surface area contributed by atoms with Crippen molar-refractivity contribution in [3.05, 3.63) is 0 Å². The fraction of sp³-hybridized carbons (Fsp3) is 1.00. The van der Waals surface area contributed by atoms with E-state index in [2.05, 4.69) is 0 Å². The molecule has 0 saturated carbocycles. The summed E-state index contributed by atoms with van der Waals surface area (Å²) in [5.74, 6) is 0. The zero-order chi connectivity index (χ0) is 7.72. The highest BCUT2D eigenvalue weighted by Gasteiger charge is 2.40. The van der Waals surface area contributed by atoms with Gasteiger partial charge < -0.3 is 14.9 Å². The second-order valence-corrected chi connectivity index (χ2v) is 2.50. The van der Waals surface area contributed by atoms with Crippen LogP contribution in [0.4, 0.5) is 4.39 Å². The van der Waals surface area contributed by atoms with Gasteiger partial charge in [0.25, 0.3) is 0 Å². The number of aliphatic hydroxyl groups is 2. The lowest BCUT2D eigenvalue weighted by Gasteiger charge is -2.09. The molecule has 0 aromatic rings. The molecule has 2 unspecified atom stereocenters. The van der Waals surface area contributed by atoms with Gasteiger partial charge in [-0.3, -0.25) is 0 Å². The van der Waals surface area contributed by atoms with Gasteiger partial charge in [-0.05, 0) is 6.92 Å². The number of rotatable bonds is 1. The van der Waals surface area contributed by atoms with Crippen LogP contribution in [0, 0.1) is 0 Å². The van der Waals surface area contributed by atoms with Crippen LogP contribution in [0.25, 0.3) is 0 Å². The number of aliphatic hydroxyl groups excluding tert-OH is 2. The normalized spacial score (nSPS) is 48.0. The monoisotopic (exact) mass is 150 g/mol. The molecule has 10 heavy (non-hydrogen) atoms. The van der Waals surface area contributed by atoms with Gasteiger partial charge in [0, 0.05) is 0 Å². The van der Waals surface area contributed by atoms with E-state index in [4.69, 9.17) is 14.9 Å². The summed E-state index contributed by atoms with van der Waals surface area (Å²) < 4.78 is 17.5. The zero-order valence-electron chi connectivity index (χ0n) is 5.70. The van der Waals surface area contributed by atoms with Crippen LogP contribution in [0.5, 0.6) is 0 Å². The summed E-state index contributed by atoms with van der Waals surface area (Å²) in [6, 6.07) is 0. The Morgan fingerprint density at radius 2 is 2.20 bits per heavy atom. The van der Waals surface area contributed by atoms with Crippen molar-refractivity contribution >= 4 is 0 Å². The van der Waals surface area contributed by atoms with Crippen molar-refractivity contribution in [3.63, 3.8) is 0 Å². The van der Waals surface area contributed by atoms with Crippen molar-refractivity contribution in [1.82, 2.24) is 0 Å². The summed E-state index contributed by atoms with van der Waals surface area (Å²) in [4.78, 5) is 0. The van der Waals surface area contributed by atoms with Gasteiger partial charge in [-0.15, -0.1) is 0 Å². The van der Waals surface area contributed by atoms with Crippen LogP contribution in [0.1, 0.15) is 6.92 Å². The van der Waals surface area contributed by atoms with E-state index in [1.165, 1.54) is 6.92 Å². The summed E-state index contributed by atoms with van der Waals surface area (Å²) in [5, 5.41) is 17.5. The van der Waals surface area contributed by atoms with Crippen molar-refractivity contribution < 1.29 is 19.3 Å². The minimum atomic E-state index is -1.36. The number of halogens is 1. The Labute approximate surface area is 58.4 Å². The first-order chi connectivity index (χ1) is 4.66. The van der Waals surface area contributed by atoms with Crippen LogP contribution >= 0.6 is 0 Å². The first kappa shape index (κ1) is 7.91. The molecule has 0 aliphatic carbocycles. The third-order valence-corrected chi connectivity index (χ3v) is 1.73. The molecule has 0 aromatic heterocycles. The molecule has 60 valence electrons. The highest BCUT2D eigenvalue weighted by Crippen LogP contribution is 2.22. The molecule has 0 aromatic carbocycles. The molecular weight excluding hydrogens is 139 g/mol. The zero-order valence-corrected chi connectivity index (χ0v) is 5.70. The first-order valence-electron chi connectivity index (χ1n) is 3.25. The molecule has 1 fully saturated rings. The van der Waals surface area contributed by atoms with Gasteiger partial charge in [0.2, 0.25) is 0 Å². The average Bonchev–Trinajstić information content (AvgIpc) is 2.17. The molecule has 1 aliphatic rings. The van der Waals surface area contributed by atoms with Gasteiger partial charge in [-0.1, -0.05) is 0 Å². The standard InChI is InChI=1S/C6H11FO3/c1-3-5(7)6(9)4(2-8)10-3/h3-6,8-9H,2H2,1H3/t3?,4-,5?,6+/m0/s1. The Morgan fingerprint density at radius 1 is 1.60 bits per heavy atom. The molecule has 0 spiro atoms. The van der Waals surface area contributed by atoms with Crippen molar-refractivity contribution in [2.75, 3.05) is 6.61 Å². The summed E-state index contributed by atoms with van der Waals surface area (Å²) >= 11 is 0. The molecule has 3 nitrogen and oxygen atoms in total. The third-order valence-electron chi connectivity index (χ3n) is 1.73. The number of hydrogen-bond acceptors (Lipinski definition) is 3. The molecule has 1 saturated heterocycles. The molecule has 1 aliphatic heterocycles. The summed E-state index contributed by atoms with van der Waals surface area (Å²) in [7, 11) is 0. The largest absolute Gasteiger partial charge is 0.394 e. The highest BCUT2D eigenvalue weighted by molar-refractivity contribution is 4.88. The van der Waals surface area contributed by atoms with Crippen LogP contribution in [-0.2, 0) is 4.74 Å². The quantitative estimate of drug-likeness (QED) is 0.528. The Hall–Kier alpha value is -0.190. The maximum absolute atomic E-state index is 12.7. The van der Waals surface area contributed by atoms with E-state index in [1.807, 2.05) is 0 Å². The fourth-order valence-electron chi connectivity index (χ4n) is 1.07. The minimum Gasteiger partial charge on any atom is -0.394 e. The Kier molecular flexibility index (Phi) is 2.23. The Balaban J connectivity index is 2.53. The topological polar surface area (TPSA) is 49.7 Å². The number of ether oxygens (including phenoxy) is 1. The van der Waals surface area contributed by atoms with E-state index in [9.17, 15) is 4.39 Å². The van der Waals surface area contributed by atoms with E-state index >= 15 is 0 Å². The molecule has 0 radical (unpaired) electrons. The molecule has 0 bridgehead atoms. The second-order valence-electron chi connectivity index (χ2n) is 2.50. The smallest absolute Gasteiger partial charge is 0.154 e. The van der Waals surface area contributed by atoms with Crippen LogP contribution < -0.4 is 0 Å². The summed E-state index contributed by atoms with van der Waals surface area (Å²) in [5.41, 5.74) is 0. The van der Waals surface area contributed by atoms with Gasteiger partial charge in [0.15, 0.2) is 6.17 Å². The van der Waals surface area contributed by atoms with E-state index in [0.29, 0.717) is 0 Å². The predicted octanol–water partition coefficient (Wildman–Crippen LogP) is -0.535. The van der Waals surface area contributed by atoms with E-state index in [-0.39, 0.29) is 6.61 Å². The molecule has 1 heterocycles. The molecule has 1 rings (SSSR count). The van der Waals surface area contributed by atoms with Gasteiger partial charge >= 0.3 is 0 Å². The molecule has 4 heteroatoms. The lowest BCUT2D eigenvalue weighted by Crippen LogP contribution is -2.30. The Bertz CT molecular complexity index is 120. The fourth-order valence-corrected chi connectivity index (χ4v) is 1.07. The highest BCUT2D eigenvalue weighted by atomic mass is 19.1. The predicted molar refractivity (Wildman–Crippen MR) is 32.3 cm³/mol. The summed E-state index contributed by atoms with van der Waals surface area (Å²) in [6.45, 7) is 1.20. The van der Waals surface area contributed by atoms with Crippen molar-refractivity contribution in [2.45, 2.75) is 31.4 Å². The number of alkyl halides is 1. The van der Waals surface area contributed by atoms with Gasteiger partial charge in [0.1, 0.15) is 12.2 Å². The second kappa shape index (κ2) is 2.82. The first-order valence-corrected chi connectivity index (χ1v) is 3.25. The van der Waals surface area contributed by atoms with Crippen LogP contribution in [0.15, 0.2) is 0 Å². The van der Waals surface area contributed by atoms with Gasteiger partial charge in [-0.2, -0.15) is 0 Å². The lowest BCUT2D eigenvalue weighted by molar-refractivity contribution is -0.0171. The summed E-state index contributed by atoms with van der Waals surface area (Å²) in [6.07, 6.45) is -3.88. The van der Waals surface area contributed by atoms with E-state index in [1.54, 1.807) is 0 Å². The molecule has 0 amide bonds. The van der Waals surface area contributed by atoms with Crippen LogP contribution in [0.2, 0.25) is 0 Å². The van der Waals surface area contributed by atoms with Gasteiger partial charge in [0.05, 0.1) is 12.7 Å². The molecular formula is C6H11FO3. The SMILES string of the molecule is CC1O[C@@H](CO)[C@@H](O)C1F. The maximum Gasteiger partial charge on any atom is 0.154 e. The van der Waals surface area contributed by atoms with Crippen LogP contribution in [-0.4, -0.2) is 41.3 Å². The van der Waals surface area contributed by atoms with E-state index < -0.39 is 24.5 Å². The molecule has 2 N–H and O–H groups in total. The molecule has 4 atom stereocenters. The van der Waals surface area contributed by atoms with Crippen molar-refractivity contribution in [1.29, 1.82) is 0 Å². The van der Waals surface area contributed by atoms with Crippen LogP contribution in [0.3, 0.4) is 0 Å².